The van der Waals surface area contributed by atoms with Crippen LogP contribution in [0.4, 0.5) is 15.8 Å². The van der Waals surface area contributed by atoms with Crippen molar-refractivity contribution in [1.82, 2.24) is 14.8 Å². The number of aromatic nitrogens is 3. The number of carbonyl (C=O) groups is 2. The summed E-state index contributed by atoms with van der Waals surface area (Å²) in [6.45, 7) is 1.87. The first kappa shape index (κ1) is 20.7. The molecule has 3 aromatic rings. The Morgan fingerprint density at radius 1 is 1.16 bits per heavy atom. The lowest BCUT2D eigenvalue weighted by Gasteiger charge is -2.27. The van der Waals surface area contributed by atoms with Gasteiger partial charge in [-0.1, -0.05) is 36.0 Å². The van der Waals surface area contributed by atoms with Gasteiger partial charge in [-0.25, -0.2) is 4.39 Å². The van der Waals surface area contributed by atoms with Crippen molar-refractivity contribution in [3.63, 3.8) is 0 Å². The lowest BCUT2D eigenvalue weighted by atomic mass is 10.2. The molecule has 0 radical (unpaired) electrons. The van der Waals surface area contributed by atoms with Crippen LogP contribution in [0.3, 0.4) is 0 Å². The molecular weight excluding hydrogens is 429 g/mol. The topological polar surface area (TPSA) is 80.1 Å². The van der Waals surface area contributed by atoms with E-state index in [-0.39, 0.29) is 41.9 Å². The molecule has 2 heterocycles. The second-order valence-corrected chi connectivity index (χ2v) is 9.00. The molecule has 7 nitrogen and oxygen atoms in total. The van der Waals surface area contributed by atoms with Gasteiger partial charge in [0.05, 0.1) is 22.7 Å². The van der Waals surface area contributed by atoms with Crippen molar-refractivity contribution < 1.29 is 14.0 Å². The molecule has 1 aliphatic carbocycles. The summed E-state index contributed by atoms with van der Waals surface area (Å²) < 4.78 is 16.3. The van der Waals surface area contributed by atoms with Crippen molar-refractivity contribution in [1.29, 1.82) is 0 Å². The molecule has 2 aliphatic rings. The number of fused-ring (bicyclic) bond motifs is 1. The van der Waals surface area contributed by atoms with Gasteiger partial charge in [-0.3, -0.25) is 14.2 Å². The summed E-state index contributed by atoms with van der Waals surface area (Å²) in [5.74, 6) is 0.0419. The number of benzene rings is 2. The van der Waals surface area contributed by atoms with Gasteiger partial charge in [-0.05, 0) is 44.0 Å². The van der Waals surface area contributed by atoms with Gasteiger partial charge in [0.1, 0.15) is 5.82 Å². The van der Waals surface area contributed by atoms with Crippen LogP contribution in [0, 0.1) is 5.82 Å². The van der Waals surface area contributed by atoms with E-state index in [1.807, 2.05) is 29.7 Å². The number of nitrogens with zero attached hydrogens (tertiary/aromatic N) is 4. The molecule has 0 bridgehead atoms. The third kappa shape index (κ3) is 3.88. The molecule has 9 heteroatoms. The van der Waals surface area contributed by atoms with Crippen molar-refractivity contribution in [2.24, 2.45) is 0 Å². The highest BCUT2D eigenvalue weighted by atomic mass is 32.2. The average Bonchev–Trinajstić information content (AvgIpc) is 3.54. The van der Waals surface area contributed by atoms with Crippen molar-refractivity contribution in [3.8, 4) is 11.4 Å². The number of amides is 2. The molecule has 1 aromatic heterocycles. The maximum absolute atomic E-state index is 14.4. The summed E-state index contributed by atoms with van der Waals surface area (Å²) >= 11 is 1.29. The van der Waals surface area contributed by atoms with Gasteiger partial charge in [0.25, 0.3) is 0 Å². The molecule has 0 saturated heterocycles. The lowest BCUT2D eigenvalue weighted by Crippen LogP contribution is -2.40. The fraction of sp³-hybridized carbons (Fsp3) is 0.304. The molecule has 1 aliphatic heterocycles. The summed E-state index contributed by atoms with van der Waals surface area (Å²) in [7, 11) is 0. The average molecular weight is 452 g/mol. The van der Waals surface area contributed by atoms with E-state index in [2.05, 4.69) is 15.5 Å². The normalized spacial score (nSPS) is 18.1. The second-order valence-electron chi connectivity index (χ2n) is 8.06. The summed E-state index contributed by atoms with van der Waals surface area (Å²) in [5.41, 5.74) is 1.72. The number of hydrogen-bond donors (Lipinski definition) is 1. The molecule has 164 valence electrons. The molecule has 2 amide bonds. The minimum absolute atomic E-state index is 0.115. The van der Waals surface area contributed by atoms with E-state index in [9.17, 15) is 14.0 Å². The van der Waals surface area contributed by atoms with Crippen LogP contribution >= 0.6 is 11.8 Å². The van der Waals surface area contributed by atoms with Crippen molar-refractivity contribution in [2.75, 3.05) is 16.0 Å². The predicted octanol–water partition coefficient (Wildman–Crippen LogP) is 4.28. The van der Waals surface area contributed by atoms with Crippen LogP contribution in [-0.2, 0) is 9.59 Å². The minimum Gasteiger partial charge on any atom is -0.324 e. The van der Waals surface area contributed by atoms with Gasteiger partial charge in [0.2, 0.25) is 11.8 Å². The van der Waals surface area contributed by atoms with E-state index in [4.69, 9.17) is 0 Å². The Morgan fingerprint density at radius 2 is 1.91 bits per heavy atom. The smallest absolute Gasteiger partial charge is 0.237 e. The summed E-state index contributed by atoms with van der Waals surface area (Å²) in [6.07, 6.45) is 2.18. The molecule has 2 aromatic carbocycles. The van der Waals surface area contributed by atoms with Gasteiger partial charge < -0.3 is 10.2 Å². The highest BCUT2D eigenvalue weighted by Gasteiger charge is 2.33. The Kier molecular flexibility index (Phi) is 5.42. The van der Waals surface area contributed by atoms with Gasteiger partial charge >= 0.3 is 0 Å². The van der Waals surface area contributed by atoms with Crippen LogP contribution in [0.1, 0.15) is 32.2 Å². The first-order valence-corrected chi connectivity index (χ1v) is 11.5. The zero-order chi connectivity index (χ0) is 22.2. The second kappa shape index (κ2) is 8.38. The molecule has 1 saturated carbocycles. The molecule has 1 N–H and O–H groups in total. The quantitative estimate of drug-likeness (QED) is 0.586. The highest BCUT2D eigenvalue weighted by Crippen LogP contribution is 2.41. The Morgan fingerprint density at radius 3 is 2.69 bits per heavy atom. The van der Waals surface area contributed by atoms with Crippen LogP contribution < -0.4 is 10.2 Å². The zero-order valence-corrected chi connectivity index (χ0v) is 18.3. The van der Waals surface area contributed by atoms with Crippen LogP contribution in [0.15, 0.2) is 53.7 Å². The number of anilines is 2. The van der Waals surface area contributed by atoms with E-state index >= 15 is 0 Å². The van der Waals surface area contributed by atoms with Gasteiger partial charge in [-0.15, -0.1) is 10.2 Å². The third-order valence-corrected chi connectivity index (χ3v) is 6.57. The molecule has 0 spiro atoms. The summed E-state index contributed by atoms with van der Waals surface area (Å²) in [4.78, 5) is 27.1. The number of thioether (sulfide) groups is 1. The molecule has 1 fully saturated rings. The van der Waals surface area contributed by atoms with Crippen molar-refractivity contribution in [2.45, 2.75) is 43.4 Å². The maximum Gasteiger partial charge on any atom is 0.237 e. The van der Waals surface area contributed by atoms with Crippen molar-refractivity contribution in [3.05, 3.63) is 54.3 Å². The third-order valence-electron chi connectivity index (χ3n) is 5.64. The number of carbonyl (C=O) groups excluding carboxylic acids is 2. The van der Waals surface area contributed by atoms with Crippen LogP contribution in [0.2, 0.25) is 0 Å². The molecular formula is C23H22FN5O2S. The Labute approximate surface area is 189 Å². The standard InChI is InChI=1S/C23H22FN5O2S/c1-14-12-20(30)25-18-8-4-5-9-19(18)28(14)21(31)13-32-23-27-26-22(29(23)15-10-11-15)16-6-2-3-7-17(16)24/h2-9,14-15H,10-13H2,1H3,(H,25,30). The van der Waals surface area contributed by atoms with E-state index in [0.717, 1.165) is 12.8 Å². The fourth-order valence-electron chi connectivity index (χ4n) is 4.03. The summed E-state index contributed by atoms with van der Waals surface area (Å²) in [5, 5.41) is 12.0. The Balaban J connectivity index is 1.40. The van der Waals surface area contributed by atoms with Gasteiger partial charge in [0.15, 0.2) is 11.0 Å². The minimum atomic E-state index is -0.346. The monoisotopic (exact) mass is 451 g/mol. The first-order valence-electron chi connectivity index (χ1n) is 10.6. The first-order chi connectivity index (χ1) is 15.5. The van der Waals surface area contributed by atoms with Crippen LogP contribution in [0.5, 0.6) is 0 Å². The summed E-state index contributed by atoms with van der Waals surface area (Å²) in [6, 6.07) is 13.8. The number of para-hydroxylation sites is 2. The van der Waals surface area contributed by atoms with Gasteiger partial charge in [-0.2, -0.15) is 0 Å². The molecule has 1 atom stereocenters. The van der Waals surface area contributed by atoms with E-state index in [1.54, 1.807) is 29.2 Å². The number of nitrogens with one attached hydrogen (secondary N) is 1. The number of rotatable bonds is 5. The lowest BCUT2D eigenvalue weighted by molar-refractivity contribution is -0.117. The largest absolute Gasteiger partial charge is 0.324 e. The highest BCUT2D eigenvalue weighted by molar-refractivity contribution is 7.99. The van der Waals surface area contributed by atoms with Crippen LogP contribution in [-0.4, -0.2) is 38.4 Å². The Hall–Kier alpha value is -3.20. The van der Waals surface area contributed by atoms with E-state index in [1.165, 1.54) is 17.8 Å². The zero-order valence-electron chi connectivity index (χ0n) is 17.5. The number of halogens is 1. The molecule has 1 unspecified atom stereocenters. The van der Waals surface area contributed by atoms with E-state index in [0.29, 0.717) is 27.9 Å². The fourth-order valence-corrected chi connectivity index (χ4v) is 4.89. The van der Waals surface area contributed by atoms with E-state index < -0.39 is 0 Å². The number of hydrogen-bond acceptors (Lipinski definition) is 5. The van der Waals surface area contributed by atoms with Gasteiger partial charge in [0, 0.05) is 18.5 Å². The molecule has 5 rings (SSSR count). The molecule has 32 heavy (non-hydrogen) atoms. The Bertz CT molecular complexity index is 1190. The SMILES string of the molecule is CC1CC(=O)Nc2ccccc2N1C(=O)CSc1nnc(-c2ccccc2F)n1C1CC1. The van der Waals surface area contributed by atoms with Crippen molar-refractivity contribution >= 4 is 35.0 Å². The predicted molar refractivity (Wildman–Crippen MR) is 121 cm³/mol. The van der Waals surface area contributed by atoms with Crippen LogP contribution in [0.25, 0.3) is 11.4 Å². The maximum atomic E-state index is 14.4.